The van der Waals surface area contributed by atoms with Crippen LogP contribution in [0.15, 0.2) is 23.2 Å². The minimum atomic E-state index is -0.544. The number of halogens is 2. The minimum absolute atomic E-state index is 0.291. The molecule has 0 aliphatic heterocycles. The van der Waals surface area contributed by atoms with Crippen LogP contribution >= 0.6 is 0 Å². The first-order valence-corrected chi connectivity index (χ1v) is 7.58. The van der Waals surface area contributed by atoms with Gasteiger partial charge in [-0.1, -0.05) is 12.5 Å². The summed E-state index contributed by atoms with van der Waals surface area (Å²) in [5, 5.41) is 3.13. The zero-order chi connectivity index (χ0) is 14.9. The molecule has 21 heavy (non-hydrogen) atoms. The van der Waals surface area contributed by atoms with Gasteiger partial charge in [-0.25, -0.2) is 8.78 Å². The first kappa shape index (κ1) is 14.3. The number of benzene rings is 1. The highest BCUT2D eigenvalue weighted by atomic mass is 19.1. The van der Waals surface area contributed by atoms with E-state index in [1.54, 1.807) is 0 Å². The molecule has 0 amide bonds. The third kappa shape index (κ3) is 3.17. The fourth-order valence-electron chi connectivity index (χ4n) is 2.82. The molecule has 0 aromatic heterocycles. The van der Waals surface area contributed by atoms with Crippen molar-refractivity contribution >= 4 is 5.96 Å². The summed E-state index contributed by atoms with van der Waals surface area (Å²) < 4.78 is 26.9. The summed E-state index contributed by atoms with van der Waals surface area (Å²) in [6.45, 7) is 1.33. The second-order valence-corrected chi connectivity index (χ2v) is 6.28. The van der Waals surface area contributed by atoms with E-state index in [2.05, 4.69) is 10.3 Å². The van der Waals surface area contributed by atoms with Gasteiger partial charge in [0, 0.05) is 18.0 Å². The standard InChI is InChI=1S/C16H21F2N3/c17-12-4-5-13(14(18)8-12)16(6-7-16)10-21-15(19)20-9-11-2-1-3-11/h4-5,8,11H,1-3,6-7,9-10H2,(H3,19,20,21). The van der Waals surface area contributed by atoms with Crippen molar-refractivity contribution in [1.29, 1.82) is 0 Å². The van der Waals surface area contributed by atoms with Gasteiger partial charge in [-0.15, -0.1) is 0 Å². The lowest BCUT2D eigenvalue weighted by Crippen LogP contribution is -2.37. The number of guanidine groups is 1. The molecule has 0 bridgehead atoms. The lowest BCUT2D eigenvalue weighted by Gasteiger charge is -2.25. The Morgan fingerprint density at radius 2 is 2.10 bits per heavy atom. The third-order valence-electron chi connectivity index (χ3n) is 4.70. The lowest BCUT2D eigenvalue weighted by atomic mass is 9.85. The maximum Gasteiger partial charge on any atom is 0.188 e. The monoisotopic (exact) mass is 293 g/mol. The fraction of sp³-hybridized carbons (Fsp3) is 0.562. The number of nitrogens with zero attached hydrogens (tertiary/aromatic N) is 1. The summed E-state index contributed by atoms with van der Waals surface area (Å²) in [7, 11) is 0. The lowest BCUT2D eigenvalue weighted by molar-refractivity contribution is 0.315. The summed E-state index contributed by atoms with van der Waals surface area (Å²) in [5.41, 5.74) is 6.13. The Kier molecular flexibility index (Phi) is 3.83. The molecule has 2 aliphatic rings. The van der Waals surface area contributed by atoms with E-state index in [1.807, 2.05) is 0 Å². The van der Waals surface area contributed by atoms with Crippen LogP contribution in [-0.4, -0.2) is 19.0 Å². The zero-order valence-corrected chi connectivity index (χ0v) is 12.0. The molecule has 1 aromatic rings. The predicted octanol–water partition coefficient (Wildman–Crippen LogP) is 2.70. The Hall–Kier alpha value is -1.65. The Morgan fingerprint density at radius 3 is 2.67 bits per heavy atom. The van der Waals surface area contributed by atoms with Gasteiger partial charge in [0.2, 0.25) is 0 Å². The molecule has 1 aromatic carbocycles. The largest absolute Gasteiger partial charge is 0.370 e. The van der Waals surface area contributed by atoms with E-state index in [0.717, 1.165) is 25.5 Å². The van der Waals surface area contributed by atoms with Crippen molar-refractivity contribution in [2.45, 2.75) is 37.5 Å². The number of nitrogens with two attached hydrogens (primary N) is 1. The molecule has 3 rings (SSSR count). The zero-order valence-electron chi connectivity index (χ0n) is 12.0. The van der Waals surface area contributed by atoms with Gasteiger partial charge in [0.15, 0.2) is 5.96 Å². The molecule has 3 nitrogen and oxygen atoms in total. The van der Waals surface area contributed by atoms with Gasteiger partial charge < -0.3 is 11.1 Å². The summed E-state index contributed by atoms with van der Waals surface area (Å²) in [4.78, 5) is 4.35. The topological polar surface area (TPSA) is 50.4 Å². The molecule has 114 valence electrons. The molecule has 0 spiro atoms. The molecular formula is C16H21F2N3. The van der Waals surface area contributed by atoms with Crippen LogP contribution in [-0.2, 0) is 5.41 Å². The normalized spacial score (nSPS) is 21.0. The van der Waals surface area contributed by atoms with E-state index >= 15 is 0 Å². The first-order valence-electron chi connectivity index (χ1n) is 7.58. The van der Waals surface area contributed by atoms with Crippen LogP contribution in [0.4, 0.5) is 8.78 Å². The van der Waals surface area contributed by atoms with Crippen LogP contribution in [0.25, 0.3) is 0 Å². The van der Waals surface area contributed by atoms with Gasteiger partial charge in [-0.05, 0) is 43.2 Å². The molecule has 0 radical (unpaired) electrons. The Labute approximate surface area is 123 Å². The number of hydrogen-bond acceptors (Lipinski definition) is 1. The van der Waals surface area contributed by atoms with Gasteiger partial charge in [0.05, 0.1) is 6.54 Å². The van der Waals surface area contributed by atoms with Crippen LogP contribution in [0.5, 0.6) is 0 Å². The summed E-state index contributed by atoms with van der Waals surface area (Å²) in [5.74, 6) is 0.111. The van der Waals surface area contributed by atoms with Crippen LogP contribution in [0, 0.1) is 17.6 Å². The van der Waals surface area contributed by atoms with E-state index in [4.69, 9.17) is 5.73 Å². The number of nitrogens with one attached hydrogen (secondary N) is 1. The summed E-state index contributed by atoms with van der Waals surface area (Å²) in [6.07, 6.45) is 5.55. The average molecular weight is 293 g/mol. The Bertz CT molecular complexity index is 548. The Morgan fingerprint density at radius 1 is 1.33 bits per heavy atom. The van der Waals surface area contributed by atoms with E-state index in [1.165, 1.54) is 31.4 Å². The van der Waals surface area contributed by atoms with Gasteiger partial charge in [-0.3, -0.25) is 4.99 Å². The molecule has 3 N–H and O–H groups in total. The quantitative estimate of drug-likeness (QED) is 0.648. The van der Waals surface area contributed by atoms with E-state index in [9.17, 15) is 8.78 Å². The van der Waals surface area contributed by atoms with Crippen LogP contribution in [0.1, 0.15) is 37.7 Å². The summed E-state index contributed by atoms with van der Waals surface area (Å²) in [6, 6.07) is 3.78. The van der Waals surface area contributed by atoms with Crippen molar-refractivity contribution in [1.82, 2.24) is 5.32 Å². The number of rotatable bonds is 5. The van der Waals surface area contributed by atoms with Crippen molar-refractivity contribution in [2.24, 2.45) is 16.6 Å². The van der Waals surface area contributed by atoms with Crippen molar-refractivity contribution in [3.63, 3.8) is 0 Å². The molecule has 0 saturated heterocycles. The van der Waals surface area contributed by atoms with Crippen LogP contribution < -0.4 is 11.1 Å². The minimum Gasteiger partial charge on any atom is -0.370 e. The third-order valence-corrected chi connectivity index (χ3v) is 4.70. The highest BCUT2D eigenvalue weighted by Crippen LogP contribution is 2.49. The van der Waals surface area contributed by atoms with Crippen molar-refractivity contribution in [3.8, 4) is 0 Å². The molecule has 2 saturated carbocycles. The smallest absolute Gasteiger partial charge is 0.188 e. The second-order valence-electron chi connectivity index (χ2n) is 6.28. The van der Waals surface area contributed by atoms with Crippen molar-refractivity contribution < 1.29 is 8.78 Å². The van der Waals surface area contributed by atoms with Crippen LogP contribution in [0.2, 0.25) is 0 Å². The molecule has 2 aliphatic carbocycles. The van der Waals surface area contributed by atoms with E-state index in [0.29, 0.717) is 24.0 Å². The van der Waals surface area contributed by atoms with Crippen molar-refractivity contribution in [2.75, 3.05) is 13.1 Å². The van der Waals surface area contributed by atoms with Crippen LogP contribution in [0.3, 0.4) is 0 Å². The highest BCUT2D eigenvalue weighted by Gasteiger charge is 2.46. The van der Waals surface area contributed by atoms with Gasteiger partial charge in [0.1, 0.15) is 11.6 Å². The molecule has 0 atom stereocenters. The predicted molar refractivity (Wildman–Crippen MR) is 79.1 cm³/mol. The maximum absolute atomic E-state index is 13.9. The number of aliphatic imine (C=N–C) groups is 1. The maximum atomic E-state index is 13.9. The number of hydrogen-bond donors (Lipinski definition) is 2. The Balaban J connectivity index is 1.60. The van der Waals surface area contributed by atoms with Gasteiger partial charge in [0.25, 0.3) is 0 Å². The SMILES string of the molecule is NC(=NCC1(c2ccc(F)cc2F)CC1)NCC1CCC1. The fourth-order valence-corrected chi connectivity index (χ4v) is 2.82. The van der Waals surface area contributed by atoms with Crippen molar-refractivity contribution in [3.05, 3.63) is 35.4 Å². The molecule has 5 heteroatoms. The van der Waals surface area contributed by atoms with Gasteiger partial charge in [-0.2, -0.15) is 0 Å². The van der Waals surface area contributed by atoms with E-state index < -0.39 is 11.6 Å². The summed E-state index contributed by atoms with van der Waals surface area (Å²) >= 11 is 0. The van der Waals surface area contributed by atoms with E-state index in [-0.39, 0.29) is 5.41 Å². The molecule has 0 heterocycles. The highest BCUT2D eigenvalue weighted by molar-refractivity contribution is 5.77. The average Bonchev–Trinajstić information content (AvgIpc) is 3.15. The first-order chi connectivity index (χ1) is 10.1. The van der Waals surface area contributed by atoms with Gasteiger partial charge >= 0.3 is 0 Å². The second kappa shape index (κ2) is 5.62. The molecular weight excluding hydrogens is 272 g/mol. The molecule has 0 unspecified atom stereocenters. The molecule has 2 fully saturated rings.